The largest absolute Gasteiger partial charge is 0.481 e. The summed E-state index contributed by atoms with van der Waals surface area (Å²) in [4.78, 5) is 18.6. The van der Waals surface area contributed by atoms with Crippen LogP contribution < -0.4 is 4.74 Å². The van der Waals surface area contributed by atoms with Gasteiger partial charge in [-0.2, -0.15) is 0 Å². The third kappa shape index (κ3) is 2.90. The van der Waals surface area contributed by atoms with Crippen molar-refractivity contribution in [1.82, 2.24) is 9.97 Å². The van der Waals surface area contributed by atoms with E-state index in [2.05, 4.69) is 9.97 Å². The van der Waals surface area contributed by atoms with Gasteiger partial charge >= 0.3 is 5.97 Å². The van der Waals surface area contributed by atoms with Crippen LogP contribution in [0.3, 0.4) is 0 Å². The topological polar surface area (TPSA) is 72.3 Å². The number of hydrogen-bond donors (Lipinski definition) is 1. The second kappa shape index (κ2) is 4.72. The van der Waals surface area contributed by atoms with E-state index in [4.69, 9.17) is 9.84 Å². The van der Waals surface area contributed by atoms with Gasteiger partial charge in [0.1, 0.15) is 6.33 Å². The van der Waals surface area contributed by atoms with Crippen LogP contribution in [0.15, 0.2) is 12.5 Å². The molecular formula is C10H14N2O3. The minimum atomic E-state index is -0.918. The van der Waals surface area contributed by atoms with Gasteiger partial charge in [0.2, 0.25) is 5.88 Å². The number of aliphatic carboxylic acids is 1. The molecule has 1 heterocycles. The summed E-state index contributed by atoms with van der Waals surface area (Å²) in [6.07, 6.45) is 2.78. The zero-order valence-electron chi connectivity index (χ0n) is 8.97. The Morgan fingerprint density at radius 3 is 2.67 bits per heavy atom. The third-order valence-electron chi connectivity index (χ3n) is 1.89. The summed E-state index contributed by atoms with van der Waals surface area (Å²) in [6.45, 7) is 5.29. The first kappa shape index (κ1) is 11.4. The summed E-state index contributed by atoms with van der Waals surface area (Å²) in [5, 5.41) is 8.88. The smallest absolute Gasteiger partial charge is 0.310 e. The number of carbonyl (C=O) groups is 1. The maximum atomic E-state index is 10.8. The van der Waals surface area contributed by atoms with Crippen molar-refractivity contribution in [2.75, 3.05) is 0 Å². The summed E-state index contributed by atoms with van der Waals surface area (Å²) in [6, 6.07) is 0. The second-order valence-corrected chi connectivity index (χ2v) is 3.51. The quantitative estimate of drug-likeness (QED) is 0.814. The predicted octanol–water partition coefficient (Wildman–Crippen LogP) is 1.45. The van der Waals surface area contributed by atoms with Crippen LogP contribution in [0.2, 0.25) is 0 Å². The zero-order chi connectivity index (χ0) is 11.4. The number of hydrogen-bond acceptors (Lipinski definition) is 4. The molecule has 0 aliphatic rings. The molecule has 1 unspecified atom stereocenters. The summed E-state index contributed by atoms with van der Waals surface area (Å²) in [5.74, 6) is -1.24. The highest BCUT2D eigenvalue weighted by Gasteiger charge is 2.20. The van der Waals surface area contributed by atoms with Crippen LogP contribution in [0.25, 0.3) is 0 Å². The molecule has 82 valence electrons. The van der Waals surface area contributed by atoms with Crippen LogP contribution in [-0.4, -0.2) is 27.1 Å². The zero-order valence-corrected chi connectivity index (χ0v) is 8.97. The van der Waals surface area contributed by atoms with Gasteiger partial charge in [0, 0.05) is 11.8 Å². The first-order valence-corrected chi connectivity index (χ1v) is 4.71. The number of rotatable bonds is 4. The van der Waals surface area contributed by atoms with Gasteiger partial charge < -0.3 is 9.84 Å². The van der Waals surface area contributed by atoms with Gasteiger partial charge in [0.05, 0.1) is 12.0 Å². The highest BCUT2D eigenvalue weighted by molar-refractivity contribution is 5.76. The number of ether oxygens (including phenoxy) is 1. The molecule has 1 rings (SSSR count). The van der Waals surface area contributed by atoms with E-state index in [1.54, 1.807) is 6.92 Å². The van der Waals surface area contributed by atoms with Crippen molar-refractivity contribution in [3.8, 4) is 5.88 Å². The van der Waals surface area contributed by atoms with Crippen LogP contribution >= 0.6 is 0 Å². The third-order valence-corrected chi connectivity index (χ3v) is 1.89. The Balaban J connectivity index is 3.00. The van der Waals surface area contributed by atoms with Crippen molar-refractivity contribution in [2.45, 2.75) is 32.8 Å². The number of aromatic nitrogens is 2. The van der Waals surface area contributed by atoms with Crippen molar-refractivity contribution in [3.05, 3.63) is 18.1 Å². The molecule has 1 N–H and O–H groups in total. The molecule has 5 heteroatoms. The molecule has 15 heavy (non-hydrogen) atoms. The molecule has 0 aliphatic carbocycles. The van der Waals surface area contributed by atoms with Crippen molar-refractivity contribution in [1.29, 1.82) is 0 Å². The highest BCUT2D eigenvalue weighted by Crippen LogP contribution is 2.23. The minimum absolute atomic E-state index is 0.0420. The van der Waals surface area contributed by atoms with Crippen molar-refractivity contribution < 1.29 is 14.6 Å². The van der Waals surface area contributed by atoms with Gasteiger partial charge in [0.15, 0.2) is 0 Å². The molecule has 0 radical (unpaired) electrons. The normalized spacial score (nSPS) is 12.5. The molecule has 1 atom stereocenters. The molecule has 1 aromatic rings. The van der Waals surface area contributed by atoms with Crippen LogP contribution in [0.5, 0.6) is 5.88 Å². The Morgan fingerprint density at radius 1 is 1.47 bits per heavy atom. The molecule has 0 spiro atoms. The van der Waals surface area contributed by atoms with Crippen molar-refractivity contribution in [2.24, 2.45) is 0 Å². The molecular weight excluding hydrogens is 196 g/mol. The Hall–Kier alpha value is -1.65. The molecule has 0 bridgehead atoms. The fourth-order valence-electron chi connectivity index (χ4n) is 1.08. The summed E-state index contributed by atoms with van der Waals surface area (Å²) >= 11 is 0. The Labute approximate surface area is 88.1 Å². The molecule has 0 amide bonds. The van der Waals surface area contributed by atoms with Crippen LogP contribution in [0.4, 0.5) is 0 Å². The molecule has 0 aliphatic heterocycles. The first-order chi connectivity index (χ1) is 7.02. The lowest BCUT2D eigenvalue weighted by atomic mass is 10.1. The average molecular weight is 210 g/mol. The van der Waals surface area contributed by atoms with E-state index < -0.39 is 11.9 Å². The lowest BCUT2D eigenvalue weighted by Crippen LogP contribution is -2.14. The van der Waals surface area contributed by atoms with E-state index in [1.807, 2.05) is 13.8 Å². The van der Waals surface area contributed by atoms with Gasteiger partial charge in [-0.1, -0.05) is 0 Å². The van der Waals surface area contributed by atoms with Crippen LogP contribution in [0.1, 0.15) is 32.3 Å². The van der Waals surface area contributed by atoms with Gasteiger partial charge in [-0.05, 0) is 20.8 Å². The molecule has 0 fully saturated rings. The average Bonchev–Trinajstić information content (AvgIpc) is 2.16. The molecule has 1 aromatic heterocycles. The van der Waals surface area contributed by atoms with E-state index in [1.165, 1.54) is 12.5 Å². The maximum Gasteiger partial charge on any atom is 0.310 e. The van der Waals surface area contributed by atoms with E-state index in [0.29, 0.717) is 11.4 Å². The second-order valence-electron chi connectivity index (χ2n) is 3.51. The summed E-state index contributed by atoms with van der Waals surface area (Å²) < 4.78 is 5.40. The summed E-state index contributed by atoms with van der Waals surface area (Å²) in [7, 11) is 0. The molecule has 0 saturated carbocycles. The Bertz CT molecular complexity index is 352. The van der Waals surface area contributed by atoms with E-state index in [9.17, 15) is 4.79 Å². The summed E-state index contributed by atoms with van der Waals surface area (Å²) in [5.41, 5.74) is 0.499. The van der Waals surface area contributed by atoms with Gasteiger partial charge in [-0.3, -0.25) is 4.79 Å². The number of carboxylic acid groups (broad SMARTS) is 1. The maximum absolute atomic E-state index is 10.8. The first-order valence-electron chi connectivity index (χ1n) is 4.71. The lowest BCUT2D eigenvalue weighted by Gasteiger charge is -2.14. The highest BCUT2D eigenvalue weighted by atomic mass is 16.5. The van der Waals surface area contributed by atoms with Gasteiger partial charge in [-0.25, -0.2) is 9.97 Å². The SMILES string of the molecule is CC(C)Oc1ncncc1C(C)C(=O)O. The Morgan fingerprint density at radius 2 is 2.13 bits per heavy atom. The van der Waals surface area contributed by atoms with E-state index in [-0.39, 0.29) is 6.10 Å². The molecule has 0 aromatic carbocycles. The minimum Gasteiger partial charge on any atom is -0.481 e. The van der Waals surface area contributed by atoms with Crippen LogP contribution in [-0.2, 0) is 4.79 Å². The molecule has 0 saturated heterocycles. The molecule has 5 nitrogen and oxygen atoms in total. The van der Waals surface area contributed by atoms with E-state index >= 15 is 0 Å². The van der Waals surface area contributed by atoms with E-state index in [0.717, 1.165) is 0 Å². The van der Waals surface area contributed by atoms with Crippen LogP contribution in [0, 0.1) is 0 Å². The lowest BCUT2D eigenvalue weighted by molar-refractivity contribution is -0.138. The van der Waals surface area contributed by atoms with Crippen molar-refractivity contribution >= 4 is 5.97 Å². The monoisotopic (exact) mass is 210 g/mol. The van der Waals surface area contributed by atoms with Gasteiger partial charge in [-0.15, -0.1) is 0 Å². The standard InChI is InChI=1S/C10H14N2O3/c1-6(2)15-9-8(4-11-5-12-9)7(3)10(13)14/h4-7H,1-3H3,(H,13,14). The number of nitrogens with zero attached hydrogens (tertiary/aromatic N) is 2. The fourth-order valence-corrected chi connectivity index (χ4v) is 1.08. The number of carboxylic acids is 1. The van der Waals surface area contributed by atoms with Gasteiger partial charge in [0.25, 0.3) is 0 Å². The predicted molar refractivity (Wildman–Crippen MR) is 53.8 cm³/mol. The fraction of sp³-hybridized carbons (Fsp3) is 0.500. The van der Waals surface area contributed by atoms with Crippen molar-refractivity contribution in [3.63, 3.8) is 0 Å². The Kier molecular flexibility index (Phi) is 3.60.